The standard InChI is InChI=1S/C15H28FNO3.Na/c1-3-11-17(12-15(19)20)14(18)10-8-6-4-5-7-9-13(2)16;/h13H,3-12H2,1-2H3,(H,19,20);/q;+1/p-1. The van der Waals surface area contributed by atoms with Crippen molar-refractivity contribution in [1.29, 1.82) is 0 Å². The van der Waals surface area contributed by atoms with Gasteiger partial charge in [-0.1, -0.05) is 32.6 Å². The Morgan fingerprint density at radius 2 is 1.71 bits per heavy atom. The molecule has 1 amide bonds. The molecule has 118 valence electrons. The van der Waals surface area contributed by atoms with E-state index in [4.69, 9.17) is 0 Å². The summed E-state index contributed by atoms with van der Waals surface area (Å²) in [5.41, 5.74) is 0. The van der Waals surface area contributed by atoms with Crippen LogP contribution in [0.5, 0.6) is 0 Å². The Balaban J connectivity index is 0. The minimum absolute atomic E-state index is 0. The van der Waals surface area contributed by atoms with E-state index in [-0.39, 0.29) is 42.0 Å². The van der Waals surface area contributed by atoms with Crippen molar-refractivity contribution < 1.29 is 48.6 Å². The van der Waals surface area contributed by atoms with Gasteiger partial charge in [-0.25, -0.2) is 4.39 Å². The molecular formula is C15H27FNNaO3. The Hall–Kier alpha value is -0.130. The number of unbranched alkanes of at least 4 members (excludes halogenated alkanes) is 4. The molecule has 0 aliphatic rings. The monoisotopic (exact) mass is 311 g/mol. The van der Waals surface area contributed by atoms with Gasteiger partial charge in [0.1, 0.15) is 0 Å². The molecule has 1 unspecified atom stereocenters. The molecule has 0 saturated carbocycles. The third kappa shape index (κ3) is 14.6. The Bertz CT molecular complexity index is 288. The zero-order valence-corrected chi connectivity index (χ0v) is 15.7. The van der Waals surface area contributed by atoms with Crippen molar-refractivity contribution in [3.63, 3.8) is 0 Å². The van der Waals surface area contributed by atoms with E-state index in [0.29, 0.717) is 19.4 Å². The van der Waals surface area contributed by atoms with Gasteiger partial charge < -0.3 is 14.8 Å². The summed E-state index contributed by atoms with van der Waals surface area (Å²) in [7, 11) is 0. The normalized spacial score (nSPS) is 11.6. The minimum Gasteiger partial charge on any atom is -0.548 e. The number of carbonyl (C=O) groups excluding carboxylic acids is 2. The largest absolute Gasteiger partial charge is 1.00 e. The number of carbonyl (C=O) groups is 2. The second-order valence-corrected chi connectivity index (χ2v) is 5.27. The van der Waals surface area contributed by atoms with Crippen molar-refractivity contribution in [2.45, 2.75) is 71.4 Å². The van der Waals surface area contributed by atoms with E-state index in [0.717, 1.165) is 38.5 Å². The summed E-state index contributed by atoms with van der Waals surface area (Å²) < 4.78 is 12.5. The van der Waals surface area contributed by atoms with Crippen LogP contribution in [0.15, 0.2) is 0 Å². The summed E-state index contributed by atoms with van der Waals surface area (Å²) in [6, 6.07) is 0. The van der Waals surface area contributed by atoms with Crippen LogP contribution in [0.2, 0.25) is 0 Å². The maximum absolute atomic E-state index is 12.5. The van der Waals surface area contributed by atoms with Crippen molar-refractivity contribution in [3.8, 4) is 0 Å². The van der Waals surface area contributed by atoms with Crippen molar-refractivity contribution >= 4 is 11.9 Å². The number of aliphatic carboxylic acids is 1. The molecule has 0 spiro atoms. The van der Waals surface area contributed by atoms with Gasteiger partial charge in [0.05, 0.1) is 18.7 Å². The van der Waals surface area contributed by atoms with Gasteiger partial charge in [-0.2, -0.15) is 0 Å². The third-order valence-corrected chi connectivity index (χ3v) is 3.16. The molecule has 0 bridgehead atoms. The minimum atomic E-state index is -1.22. The summed E-state index contributed by atoms with van der Waals surface area (Å²) in [4.78, 5) is 23.7. The zero-order valence-electron chi connectivity index (χ0n) is 13.7. The van der Waals surface area contributed by atoms with Gasteiger partial charge in [-0.05, 0) is 26.2 Å². The molecule has 6 heteroatoms. The van der Waals surface area contributed by atoms with E-state index >= 15 is 0 Å². The first-order valence-electron chi connectivity index (χ1n) is 7.59. The van der Waals surface area contributed by atoms with Gasteiger partial charge in [-0.15, -0.1) is 0 Å². The summed E-state index contributed by atoms with van der Waals surface area (Å²) in [6.07, 6.45) is 5.55. The smallest absolute Gasteiger partial charge is 0.548 e. The van der Waals surface area contributed by atoms with Crippen molar-refractivity contribution in [3.05, 3.63) is 0 Å². The van der Waals surface area contributed by atoms with Crippen LogP contribution < -0.4 is 34.7 Å². The topological polar surface area (TPSA) is 60.4 Å². The van der Waals surface area contributed by atoms with Crippen LogP contribution in [0.3, 0.4) is 0 Å². The van der Waals surface area contributed by atoms with Gasteiger partial charge in [0.25, 0.3) is 0 Å². The Morgan fingerprint density at radius 1 is 1.14 bits per heavy atom. The molecule has 0 aliphatic carbocycles. The van der Waals surface area contributed by atoms with Crippen molar-refractivity contribution in [2.75, 3.05) is 13.1 Å². The SMILES string of the molecule is CCCN(CC(=O)[O-])C(=O)CCCCCCCC(C)F.[Na+]. The average molecular weight is 311 g/mol. The maximum atomic E-state index is 12.5. The molecule has 0 aromatic rings. The number of carboxylic acid groups (broad SMARTS) is 1. The first-order valence-corrected chi connectivity index (χ1v) is 7.59. The molecule has 0 aromatic heterocycles. The van der Waals surface area contributed by atoms with Crippen LogP contribution >= 0.6 is 0 Å². The number of hydrogen-bond acceptors (Lipinski definition) is 3. The second kappa shape index (κ2) is 14.8. The van der Waals surface area contributed by atoms with E-state index < -0.39 is 12.1 Å². The molecule has 0 N–H and O–H groups in total. The van der Waals surface area contributed by atoms with E-state index in [1.807, 2.05) is 6.92 Å². The maximum Gasteiger partial charge on any atom is 1.00 e. The molecule has 0 aliphatic heterocycles. The zero-order chi connectivity index (χ0) is 15.4. The van der Waals surface area contributed by atoms with Gasteiger partial charge in [0, 0.05) is 13.0 Å². The van der Waals surface area contributed by atoms with Gasteiger partial charge >= 0.3 is 29.6 Å². The van der Waals surface area contributed by atoms with E-state index in [1.165, 1.54) is 4.90 Å². The van der Waals surface area contributed by atoms with Crippen LogP contribution in [0, 0.1) is 0 Å². The number of rotatable bonds is 12. The van der Waals surface area contributed by atoms with Crippen LogP contribution in [0.1, 0.15) is 65.2 Å². The molecule has 1 atom stereocenters. The van der Waals surface area contributed by atoms with E-state index in [2.05, 4.69) is 0 Å². The molecule has 0 aromatic carbocycles. The van der Waals surface area contributed by atoms with Gasteiger partial charge in [-0.3, -0.25) is 4.79 Å². The predicted molar refractivity (Wildman–Crippen MR) is 74.8 cm³/mol. The van der Waals surface area contributed by atoms with Crippen molar-refractivity contribution in [2.24, 2.45) is 0 Å². The van der Waals surface area contributed by atoms with Crippen LogP contribution in [0.4, 0.5) is 4.39 Å². The summed E-state index contributed by atoms with van der Waals surface area (Å²) >= 11 is 0. The molecule has 0 heterocycles. The Morgan fingerprint density at radius 3 is 2.24 bits per heavy atom. The average Bonchev–Trinajstić information content (AvgIpc) is 2.36. The van der Waals surface area contributed by atoms with Crippen LogP contribution in [-0.4, -0.2) is 36.0 Å². The molecule has 0 fully saturated rings. The number of carboxylic acids is 1. The fourth-order valence-electron chi connectivity index (χ4n) is 2.11. The summed E-state index contributed by atoms with van der Waals surface area (Å²) in [5.74, 6) is -1.33. The predicted octanol–water partition coefficient (Wildman–Crippen LogP) is -0.932. The first kappa shape index (κ1) is 23.1. The van der Waals surface area contributed by atoms with E-state index in [1.54, 1.807) is 6.92 Å². The fourth-order valence-corrected chi connectivity index (χ4v) is 2.11. The Kier molecular flexibility index (Phi) is 16.3. The fraction of sp³-hybridized carbons (Fsp3) is 0.867. The molecule has 0 radical (unpaired) electrons. The summed E-state index contributed by atoms with van der Waals surface area (Å²) in [5, 5.41) is 10.6. The Labute approximate surface area is 149 Å². The quantitative estimate of drug-likeness (QED) is 0.345. The number of nitrogens with zero attached hydrogens (tertiary/aromatic N) is 1. The number of amides is 1. The second-order valence-electron chi connectivity index (χ2n) is 5.27. The van der Waals surface area contributed by atoms with E-state index in [9.17, 15) is 19.1 Å². The summed E-state index contributed by atoms with van der Waals surface area (Å²) in [6.45, 7) is 3.61. The number of alkyl halides is 1. The molecule has 4 nitrogen and oxygen atoms in total. The molecule has 21 heavy (non-hydrogen) atoms. The van der Waals surface area contributed by atoms with Gasteiger partial charge in [0.15, 0.2) is 0 Å². The first-order chi connectivity index (χ1) is 9.47. The molecular weight excluding hydrogens is 284 g/mol. The van der Waals surface area contributed by atoms with Crippen LogP contribution in [0.25, 0.3) is 0 Å². The van der Waals surface area contributed by atoms with Crippen molar-refractivity contribution in [1.82, 2.24) is 4.90 Å². The molecule has 0 saturated heterocycles. The van der Waals surface area contributed by atoms with Crippen LogP contribution in [-0.2, 0) is 9.59 Å². The third-order valence-electron chi connectivity index (χ3n) is 3.16. The molecule has 0 rings (SSSR count). The number of halogens is 1. The number of hydrogen-bond donors (Lipinski definition) is 0. The van der Waals surface area contributed by atoms with Gasteiger partial charge in [0.2, 0.25) is 5.91 Å².